The van der Waals surface area contributed by atoms with Crippen molar-refractivity contribution in [1.29, 1.82) is 5.26 Å². The van der Waals surface area contributed by atoms with Crippen molar-refractivity contribution in [2.75, 3.05) is 13.2 Å². The first-order valence-electron chi connectivity index (χ1n) is 5.05. The van der Waals surface area contributed by atoms with Crippen LogP contribution in [0.5, 0.6) is 0 Å². The second kappa shape index (κ2) is 4.43. The molecule has 1 fully saturated rings. The Morgan fingerprint density at radius 2 is 2.07 bits per heavy atom. The summed E-state index contributed by atoms with van der Waals surface area (Å²) in [6, 6.07) is 7.80. The smallest absolute Gasteiger partial charge is 0.183 e. The van der Waals surface area contributed by atoms with Gasteiger partial charge in [-0.3, -0.25) is 0 Å². The highest BCUT2D eigenvalue weighted by molar-refractivity contribution is 5.39. The molecule has 0 unspecified atom stereocenters. The van der Waals surface area contributed by atoms with Gasteiger partial charge in [-0.05, 0) is 31.0 Å². The molecule has 3 heteroatoms. The van der Waals surface area contributed by atoms with Crippen molar-refractivity contribution in [1.82, 2.24) is 0 Å². The molecular weight excluding hydrogens is 190 g/mol. The Hall–Kier alpha value is -1.37. The molecular formula is C12H13NO2. The highest BCUT2D eigenvalue weighted by atomic mass is 16.7. The number of nitrogens with zero attached hydrogens (tertiary/aromatic N) is 1. The monoisotopic (exact) mass is 203 g/mol. The molecule has 0 radical (unpaired) electrons. The van der Waals surface area contributed by atoms with Crippen LogP contribution in [0.25, 0.3) is 0 Å². The zero-order chi connectivity index (χ0) is 10.7. The SMILES string of the molecule is Cc1cc(C2OCCCO2)ccc1C#N. The summed E-state index contributed by atoms with van der Waals surface area (Å²) < 4.78 is 11.0. The van der Waals surface area contributed by atoms with Crippen LogP contribution in [0.15, 0.2) is 18.2 Å². The summed E-state index contributed by atoms with van der Waals surface area (Å²) in [5.74, 6) is 0. The van der Waals surface area contributed by atoms with Crippen molar-refractivity contribution in [3.8, 4) is 6.07 Å². The van der Waals surface area contributed by atoms with Gasteiger partial charge in [0.25, 0.3) is 0 Å². The summed E-state index contributed by atoms with van der Waals surface area (Å²) in [4.78, 5) is 0. The lowest BCUT2D eigenvalue weighted by Crippen LogP contribution is -2.17. The van der Waals surface area contributed by atoms with E-state index in [1.165, 1.54) is 0 Å². The number of benzene rings is 1. The minimum Gasteiger partial charge on any atom is -0.348 e. The van der Waals surface area contributed by atoms with E-state index < -0.39 is 0 Å². The topological polar surface area (TPSA) is 42.2 Å². The zero-order valence-electron chi connectivity index (χ0n) is 8.69. The molecule has 78 valence electrons. The van der Waals surface area contributed by atoms with Crippen LogP contribution in [-0.4, -0.2) is 13.2 Å². The van der Waals surface area contributed by atoms with Crippen LogP contribution < -0.4 is 0 Å². The van der Waals surface area contributed by atoms with Crippen LogP contribution in [-0.2, 0) is 9.47 Å². The minimum atomic E-state index is -0.259. The highest BCUT2D eigenvalue weighted by Crippen LogP contribution is 2.24. The molecule has 1 aliphatic heterocycles. The van der Waals surface area contributed by atoms with Crippen molar-refractivity contribution < 1.29 is 9.47 Å². The van der Waals surface area contributed by atoms with E-state index in [2.05, 4.69) is 6.07 Å². The van der Waals surface area contributed by atoms with Crippen LogP contribution in [0.3, 0.4) is 0 Å². The number of hydrogen-bond donors (Lipinski definition) is 0. The van der Waals surface area contributed by atoms with E-state index in [1.54, 1.807) is 0 Å². The third-order valence-electron chi connectivity index (χ3n) is 2.47. The van der Waals surface area contributed by atoms with E-state index in [1.807, 2.05) is 25.1 Å². The molecule has 0 atom stereocenters. The van der Waals surface area contributed by atoms with Crippen LogP contribution in [0.1, 0.15) is 29.4 Å². The summed E-state index contributed by atoms with van der Waals surface area (Å²) in [6.07, 6.45) is 0.691. The Morgan fingerprint density at radius 1 is 1.33 bits per heavy atom. The fraction of sp³-hybridized carbons (Fsp3) is 0.417. The fourth-order valence-electron chi connectivity index (χ4n) is 1.64. The molecule has 0 saturated carbocycles. The Balaban J connectivity index is 2.22. The second-order valence-corrected chi connectivity index (χ2v) is 3.61. The quantitative estimate of drug-likeness (QED) is 0.703. The third kappa shape index (κ3) is 2.17. The summed E-state index contributed by atoms with van der Waals surface area (Å²) >= 11 is 0. The second-order valence-electron chi connectivity index (χ2n) is 3.61. The molecule has 15 heavy (non-hydrogen) atoms. The third-order valence-corrected chi connectivity index (χ3v) is 2.47. The fourth-order valence-corrected chi connectivity index (χ4v) is 1.64. The van der Waals surface area contributed by atoms with E-state index >= 15 is 0 Å². The first kappa shape index (κ1) is 10.2. The average molecular weight is 203 g/mol. The van der Waals surface area contributed by atoms with Crippen LogP contribution in [0.2, 0.25) is 0 Å². The lowest BCUT2D eigenvalue weighted by atomic mass is 10.1. The lowest BCUT2D eigenvalue weighted by molar-refractivity contribution is -0.183. The molecule has 0 spiro atoms. The minimum absolute atomic E-state index is 0.259. The Labute approximate surface area is 89.2 Å². The van der Waals surface area contributed by atoms with Gasteiger partial charge in [-0.15, -0.1) is 0 Å². The van der Waals surface area contributed by atoms with Gasteiger partial charge in [-0.2, -0.15) is 5.26 Å². The summed E-state index contributed by atoms with van der Waals surface area (Å²) in [5.41, 5.74) is 2.66. The number of rotatable bonds is 1. The number of hydrogen-bond acceptors (Lipinski definition) is 3. The molecule has 0 aromatic heterocycles. The predicted molar refractivity (Wildman–Crippen MR) is 55.2 cm³/mol. The van der Waals surface area contributed by atoms with Crippen LogP contribution in [0.4, 0.5) is 0 Å². The van der Waals surface area contributed by atoms with Gasteiger partial charge in [0.2, 0.25) is 0 Å². The van der Waals surface area contributed by atoms with Crippen molar-refractivity contribution >= 4 is 0 Å². The van der Waals surface area contributed by atoms with Crippen LogP contribution in [0, 0.1) is 18.3 Å². The molecule has 1 saturated heterocycles. The largest absolute Gasteiger partial charge is 0.348 e. The number of ether oxygens (including phenoxy) is 2. The first-order valence-corrected chi connectivity index (χ1v) is 5.05. The van der Waals surface area contributed by atoms with Gasteiger partial charge in [-0.1, -0.05) is 6.07 Å². The normalized spacial score (nSPS) is 17.3. The molecule has 2 rings (SSSR count). The van der Waals surface area contributed by atoms with Gasteiger partial charge in [-0.25, -0.2) is 0 Å². The van der Waals surface area contributed by atoms with Crippen LogP contribution >= 0.6 is 0 Å². The van der Waals surface area contributed by atoms with Gasteiger partial charge < -0.3 is 9.47 Å². The van der Waals surface area contributed by atoms with Gasteiger partial charge in [0.1, 0.15) is 0 Å². The van der Waals surface area contributed by atoms with Crippen molar-refractivity contribution in [3.05, 3.63) is 34.9 Å². The maximum atomic E-state index is 8.81. The number of nitriles is 1. The van der Waals surface area contributed by atoms with Crippen molar-refractivity contribution in [3.63, 3.8) is 0 Å². The molecule has 0 N–H and O–H groups in total. The highest BCUT2D eigenvalue weighted by Gasteiger charge is 2.16. The molecule has 1 aromatic carbocycles. The van der Waals surface area contributed by atoms with E-state index in [9.17, 15) is 0 Å². The van der Waals surface area contributed by atoms with E-state index in [4.69, 9.17) is 14.7 Å². The van der Waals surface area contributed by atoms with Gasteiger partial charge in [0.05, 0.1) is 24.8 Å². The molecule has 1 aromatic rings. The maximum Gasteiger partial charge on any atom is 0.183 e. The van der Waals surface area contributed by atoms with Gasteiger partial charge in [0, 0.05) is 5.56 Å². The van der Waals surface area contributed by atoms with E-state index in [0.29, 0.717) is 5.56 Å². The predicted octanol–water partition coefficient (Wildman–Crippen LogP) is 2.30. The molecule has 1 aliphatic rings. The lowest BCUT2D eigenvalue weighted by Gasteiger charge is -2.23. The first-order chi connectivity index (χ1) is 7.31. The van der Waals surface area contributed by atoms with E-state index in [-0.39, 0.29) is 6.29 Å². The summed E-state index contributed by atoms with van der Waals surface area (Å²) in [7, 11) is 0. The summed E-state index contributed by atoms with van der Waals surface area (Å²) in [5, 5.41) is 8.81. The maximum absolute atomic E-state index is 8.81. The van der Waals surface area contributed by atoms with Crippen molar-refractivity contribution in [2.45, 2.75) is 19.6 Å². The number of aryl methyl sites for hydroxylation is 1. The molecule has 0 aliphatic carbocycles. The van der Waals surface area contributed by atoms with Gasteiger partial charge in [0.15, 0.2) is 6.29 Å². The Bertz CT molecular complexity index is 389. The van der Waals surface area contributed by atoms with Crippen molar-refractivity contribution in [2.24, 2.45) is 0 Å². The Kier molecular flexibility index (Phi) is 3.00. The molecule has 0 bridgehead atoms. The summed E-state index contributed by atoms with van der Waals surface area (Å²) in [6.45, 7) is 3.40. The average Bonchev–Trinajstić information content (AvgIpc) is 2.30. The standard InChI is InChI=1S/C12H13NO2/c1-9-7-10(3-4-11(9)8-13)12-14-5-2-6-15-12/h3-4,7,12H,2,5-6H2,1H3. The molecule has 3 nitrogen and oxygen atoms in total. The van der Waals surface area contributed by atoms with E-state index in [0.717, 1.165) is 30.8 Å². The zero-order valence-corrected chi connectivity index (χ0v) is 8.69. The van der Waals surface area contributed by atoms with Gasteiger partial charge >= 0.3 is 0 Å². The Morgan fingerprint density at radius 3 is 2.67 bits per heavy atom. The molecule has 0 amide bonds. The molecule has 1 heterocycles.